The number of hydrogen-bond donors (Lipinski definition) is 2. The summed E-state index contributed by atoms with van der Waals surface area (Å²) in [5.41, 5.74) is 6.06. The molecule has 0 fully saturated rings. The van der Waals surface area contributed by atoms with Gasteiger partial charge in [-0.25, -0.2) is 5.43 Å². The number of benzene rings is 3. The van der Waals surface area contributed by atoms with Crippen LogP contribution in [0.3, 0.4) is 0 Å². The molecule has 0 aliphatic rings. The number of nitro benzene ring substituents is 1. The number of nitrogens with one attached hydrogen (secondary N) is 2. The average Bonchev–Trinajstić information content (AvgIpc) is 2.83. The number of carbonyl (C=O) groups excluding carboxylic acids is 1. The van der Waals surface area contributed by atoms with E-state index < -0.39 is 4.92 Å². The third-order valence-corrected chi connectivity index (χ3v) is 5.57. The molecule has 0 aliphatic heterocycles. The van der Waals surface area contributed by atoms with Crippen LogP contribution in [0.25, 0.3) is 0 Å². The Balaban J connectivity index is 1.60. The second-order valence-electron chi connectivity index (χ2n) is 7.49. The van der Waals surface area contributed by atoms with Crippen LogP contribution in [-0.4, -0.2) is 30.2 Å². The largest absolute Gasteiger partial charge is 0.490 e. The molecule has 182 valence electrons. The summed E-state index contributed by atoms with van der Waals surface area (Å²) in [5.74, 6) is 0.828. The number of aryl methyl sites for hydroxylation is 1. The molecule has 0 bridgehead atoms. The Kier molecular flexibility index (Phi) is 9.41. The zero-order chi connectivity index (χ0) is 25.2. The van der Waals surface area contributed by atoms with Crippen molar-refractivity contribution >= 4 is 46.1 Å². The van der Waals surface area contributed by atoms with Crippen molar-refractivity contribution in [1.82, 2.24) is 5.43 Å². The fourth-order valence-corrected chi connectivity index (χ4v) is 3.79. The van der Waals surface area contributed by atoms with Crippen LogP contribution in [0, 0.1) is 20.6 Å². The minimum absolute atomic E-state index is 0.0278. The number of amides is 1. The first-order valence-electron chi connectivity index (χ1n) is 10.8. The molecule has 0 atom stereocenters. The summed E-state index contributed by atoms with van der Waals surface area (Å²) in [5, 5.41) is 17.9. The van der Waals surface area contributed by atoms with E-state index in [9.17, 15) is 14.9 Å². The summed E-state index contributed by atoms with van der Waals surface area (Å²) in [6.45, 7) is 4.63. The fourth-order valence-electron chi connectivity index (χ4n) is 3.01. The van der Waals surface area contributed by atoms with Gasteiger partial charge in [0.15, 0.2) is 11.5 Å². The number of anilines is 1. The van der Waals surface area contributed by atoms with Gasteiger partial charge in [0, 0.05) is 17.8 Å². The Morgan fingerprint density at radius 1 is 1.11 bits per heavy atom. The third kappa shape index (κ3) is 7.95. The fraction of sp³-hybridized carbons (Fsp3) is 0.200. The SMILES string of the molecule is CCOc1cc(/C=N\NC(=O)CNc2ccc(C)cc2)cc(I)c1OCc1ccc([N+](=O)[O-])cc1. The molecule has 10 heteroatoms. The summed E-state index contributed by atoms with van der Waals surface area (Å²) in [6, 6.07) is 17.6. The lowest BCUT2D eigenvalue weighted by Crippen LogP contribution is -2.25. The van der Waals surface area contributed by atoms with Crippen LogP contribution in [0.1, 0.15) is 23.6 Å². The van der Waals surface area contributed by atoms with Crippen LogP contribution < -0.4 is 20.2 Å². The number of halogens is 1. The minimum Gasteiger partial charge on any atom is -0.490 e. The topological polar surface area (TPSA) is 115 Å². The summed E-state index contributed by atoms with van der Waals surface area (Å²) >= 11 is 2.14. The molecule has 3 rings (SSSR count). The van der Waals surface area contributed by atoms with Crippen molar-refractivity contribution in [1.29, 1.82) is 0 Å². The Bertz CT molecular complexity index is 1200. The van der Waals surface area contributed by atoms with Crippen molar-refractivity contribution in [2.24, 2.45) is 5.10 Å². The van der Waals surface area contributed by atoms with Crippen molar-refractivity contribution in [3.63, 3.8) is 0 Å². The smallest absolute Gasteiger partial charge is 0.269 e. The molecular formula is C25H25IN4O5. The number of hydrogen-bond acceptors (Lipinski definition) is 7. The van der Waals surface area contributed by atoms with Crippen LogP contribution in [-0.2, 0) is 11.4 Å². The van der Waals surface area contributed by atoms with Gasteiger partial charge in [0.2, 0.25) is 0 Å². The summed E-state index contributed by atoms with van der Waals surface area (Å²) in [7, 11) is 0. The summed E-state index contributed by atoms with van der Waals surface area (Å²) < 4.78 is 12.5. The quantitative estimate of drug-likeness (QED) is 0.140. The molecule has 0 aliphatic carbocycles. The van der Waals surface area contributed by atoms with Gasteiger partial charge in [-0.3, -0.25) is 14.9 Å². The van der Waals surface area contributed by atoms with E-state index in [-0.39, 0.29) is 24.7 Å². The maximum absolute atomic E-state index is 12.1. The molecule has 1 amide bonds. The first kappa shape index (κ1) is 25.9. The van der Waals surface area contributed by atoms with Gasteiger partial charge in [0.05, 0.1) is 27.9 Å². The van der Waals surface area contributed by atoms with Gasteiger partial charge in [-0.15, -0.1) is 0 Å². The molecule has 3 aromatic rings. The zero-order valence-electron chi connectivity index (χ0n) is 19.3. The lowest BCUT2D eigenvalue weighted by Gasteiger charge is -2.14. The lowest BCUT2D eigenvalue weighted by molar-refractivity contribution is -0.384. The Morgan fingerprint density at radius 3 is 2.49 bits per heavy atom. The van der Waals surface area contributed by atoms with Gasteiger partial charge < -0.3 is 14.8 Å². The van der Waals surface area contributed by atoms with Gasteiger partial charge in [0.25, 0.3) is 11.6 Å². The molecule has 35 heavy (non-hydrogen) atoms. The number of non-ortho nitro benzene ring substituents is 1. The van der Waals surface area contributed by atoms with Crippen LogP contribution >= 0.6 is 22.6 Å². The molecule has 0 saturated carbocycles. The van der Waals surface area contributed by atoms with E-state index in [4.69, 9.17) is 9.47 Å². The van der Waals surface area contributed by atoms with Gasteiger partial charge in [-0.05, 0) is 84.0 Å². The third-order valence-electron chi connectivity index (χ3n) is 4.77. The number of rotatable bonds is 11. The molecule has 0 spiro atoms. The highest BCUT2D eigenvalue weighted by molar-refractivity contribution is 14.1. The predicted octanol–water partition coefficient (Wildman–Crippen LogP) is 5.05. The zero-order valence-corrected chi connectivity index (χ0v) is 21.4. The van der Waals surface area contributed by atoms with Crippen LogP contribution in [0.4, 0.5) is 11.4 Å². The second-order valence-corrected chi connectivity index (χ2v) is 8.65. The number of ether oxygens (including phenoxy) is 2. The first-order chi connectivity index (χ1) is 16.9. The number of nitrogens with zero attached hydrogens (tertiary/aromatic N) is 2. The second kappa shape index (κ2) is 12.7. The average molecular weight is 588 g/mol. The Labute approximate surface area is 216 Å². The molecule has 0 radical (unpaired) electrons. The number of carbonyl (C=O) groups is 1. The van der Waals surface area contributed by atoms with E-state index in [1.165, 1.54) is 18.3 Å². The van der Waals surface area contributed by atoms with E-state index >= 15 is 0 Å². The molecule has 0 saturated heterocycles. The van der Waals surface area contributed by atoms with Crippen LogP contribution in [0.2, 0.25) is 0 Å². The highest BCUT2D eigenvalue weighted by Gasteiger charge is 2.13. The molecule has 0 unspecified atom stereocenters. The van der Waals surface area contributed by atoms with Crippen molar-refractivity contribution in [2.75, 3.05) is 18.5 Å². The number of nitro groups is 1. The molecule has 9 nitrogen and oxygen atoms in total. The molecule has 2 N–H and O–H groups in total. The standard InChI is InChI=1S/C25H25IN4O5/c1-3-34-23-13-19(14-28-29-24(31)15-27-20-8-4-17(2)5-9-20)12-22(26)25(23)35-16-18-6-10-21(11-7-18)30(32)33/h4-14,27H,3,15-16H2,1-2H3,(H,29,31)/b28-14-. The van der Waals surface area contributed by atoms with E-state index in [0.717, 1.165) is 25.9 Å². The van der Waals surface area contributed by atoms with Crippen molar-refractivity contribution < 1.29 is 19.2 Å². The maximum Gasteiger partial charge on any atom is 0.269 e. The highest BCUT2D eigenvalue weighted by atomic mass is 127. The lowest BCUT2D eigenvalue weighted by atomic mass is 10.2. The van der Waals surface area contributed by atoms with Gasteiger partial charge in [0.1, 0.15) is 6.61 Å². The number of hydrazone groups is 1. The van der Waals surface area contributed by atoms with Crippen molar-refractivity contribution in [2.45, 2.75) is 20.5 Å². The Morgan fingerprint density at radius 2 is 1.83 bits per heavy atom. The van der Waals surface area contributed by atoms with Gasteiger partial charge >= 0.3 is 0 Å². The highest BCUT2D eigenvalue weighted by Crippen LogP contribution is 2.34. The molecule has 0 heterocycles. The van der Waals surface area contributed by atoms with Crippen LogP contribution in [0.15, 0.2) is 65.8 Å². The van der Waals surface area contributed by atoms with E-state index in [2.05, 4.69) is 38.4 Å². The summed E-state index contributed by atoms with van der Waals surface area (Å²) in [4.78, 5) is 22.4. The van der Waals surface area contributed by atoms with Crippen LogP contribution in [0.5, 0.6) is 11.5 Å². The normalized spacial score (nSPS) is 10.7. The van der Waals surface area contributed by atoms with E-state index in [0.29, 0.717) is 18.1 Å². The predicted molar refractivity (Wildman–Crippen MR) is 143 cm³/mol. The van der Waals surface area contributed by atoms with E-state index in [1.807, 2.05) is 44.2 Å². The minimum atomic E-state index is -0.440. The van der Waals surface area contributed by atoms with Crippen molar-refractivity contribution in [3.05, 3.63) is 91.0 Å². The first-order valence-corrected chi connectivity index (χ1v) is 11.9. The summed E-state index contributed by atoms with van der Waals surface area (Å²) in [6.07, 6.45) is 1.54. The molecular weight excluding hydrogens is 563 g/mol. The monoisotopic (exact) mass is 588 g/mol. The van der Waals surface area contributed by atoms with Crippen molar-refractivity contribution in [3.8, 4) is 11.5 Å². The molecule has 0 aromatic heterocycles. The van der Waals surface area contributed by atoms with E-state index in [1.54, 1.807) is 18.2 Å². The van der Waals surface area contributed by atoms with Gasteiger partial charge in [-0.2, -0.15) is 5.10 Å². The van der Waals surface area contributed by atoms with Gasteiger partial charge in [-0.1, -0.05) is 17.7 Å². The molecule has 3 aromatic carbocycles. The Hall–Kier alpha value is -3.67. The maximum atomic E-state index is 12.1.